The highest BCUT2D eigenvalue weighted by molar-refractivity contribution is 6.34. The van der Waals surface area contributed by atoms with E-state index in [1.165, 1.54) is 0 Å². The Bertz CT molecular complexity index is 387. The second kappa shape index (κ2) is 6.24. The Morgan fingerprint density at radius 2 is 1.82 bits per heavy atom. The fraction of sp³-hybridized carbons (Fsp3) is 0.417. The van der Waals surface area contributed by atoms with Gasteiger partial charge in [-0.15, -0.1) is 0 Å². The van der Waals surface area contributed by atoms with E-state index in [-0.39, 0.29) is 0 Å². The maximum Gasteiger partial charge on any atom is 0.325 e. The molecule has 1 aromatic carbocycles. The number of halogens is 2. The van der Waals surface area contributed by atoms with Crippen LogP contribution in [0.15, 0.2) is 18.2 Å². The van der Waals surface area contributed by atoms with Crippen molar-refractivity contribution in [1.82, 2.24) is 5.32 Å². The summed E-state index contributed by atoms with van der Waals surface area (Å²) in [6.45, 7) is 4.63. The van der Waals surface area contributed by atoms with Crippen molar-refractivity contribution in [3.05, 3.63) is 33.8 Å². The molecule has 5 heteroatoms. The van der Waals surface area contributed by atoms with E-state index in [0.717, 1.165) is 0 Å². The number of carboxylic acids is 1. The van der Waals surface area contributed by atoms with Gasteiger partial charge in [0.15, 0.2) is 0 Å². The molecule has 1 aromatic rings. The maximum atomic E-state index is 11.2. The number of carboxylic acid groups (broad SMARTS) is 1. The Labute approximate surface area is 111 Å². The molecule has 1 unspecified atom stereocenters. The zero-order valence-electron chi connectivity index (χ0n) is 9.71. The Hall–Kier alpha value is -0.770. The molecule has 0 spiro atoms. The van der Waals surface area contributed by atoms with Crippen molar-refractivity contribution in [3.63, 3.8) is 0 Å². The van der Waals surface area contributed by atoms with E-state index in [4.69, 9.17) is 23.2 Å². The number of aliphatic carboxylic acids is 1. The van der Waals surface area contributed by atoms with E-state index in [1.807, 2.05) is 13.8 Å². The van der Waals surface area contributed by atoms with Gasteiger partial charge in [-0.05, 0) is 36.2 Å². The molecule has 2 N–H and O–H groups in total. The first-order chi connectivity index (χ1) is 7.90. The minimum Gasteiger partial charge on any atom is -0.480 e. The molecule has 0 aliphatic heterocycles. The molecule has 17 heavy (non-hydrogen) atoms. The van der Waals surface area contributed by atoms with Crippen LogP contribution < -0.4 is 5.32 Å². The number of rotatable bonds is 5. The summed E-state index contributed by atoms with van der Waals surface area (Å²) in [7, 11) is 0. The summed E-state index contributed by atoms with van der Waals surface area (Å²) < 4.78 is 0. The standard InChI is InChI=1S/C12H15Cl2NO2/c1-7(2)6-15-11(12(16)17)8-3-9(13)5-10(14)4-8/h3-5,7,11,15H,6H2,1-2H3,(H,16,17). The number of benzene rings is 1. The van der Waals surface area contributed by atoms with E-state index >= 15 is 0 Å². The van der Waals surface area contributed by atoms with Crippen LogP contribution >= 0.6 is 23.2 Å². The lowest BCUT2D eigenvalue weighted by atomic mass is 10.1. The summed E-state index contributed by atoms with van der Waals surface area (Å²) in [5, 5.41) is 13.0. The van der Waals surface area contributed by atoms with Gasteiger partial charge in [0.2, 0.25) is 0 Å². The van der Waals surface area contributed by atoms with E-state index in [2.05, 4.69) is 5.32 Å². The Morgan fingerprint density at radius 3 is 2.24 bits per heavy atom. The third kappa shape index (κ3) is 4.54. The van der Waals surface area contributed by atoms with Gasteiger partial charge in [0, 0.05) is 10.0 Å². The van der Waals surface area contributed by atoms with Crippen molar-refractivity contribution < 1.29 is 9.90 Å². The predicted octanol–water partition coefficient (Wildman–Crippen LogP) is 3.36. The molecule has 0 amide bonds. The number of hydrogen-bond donors (Lipinski definition) is 2. The van der Waals surface area contributed by atoms with Crippen LogP contribution in [0.25, 0.3) is 0 Å². The van der Waals surface area contributed by atoms with Gasteiger partial charge in [-0.1, -0.05) is 37.0 Å². The van der Waals surface area contributed by atoms with E-state index < -0.39 is 12.0 Å². The summed E-state index contributed by atoms with van der Waals surface area (Å²) in [5.74, 6) is -0.574. The second-order valence-corrected chi connectivity index (χ2v) is 5.15. The highest BCUT2D eigenvalue weighted by Gasteiger charge is 2.20. The fourth-order valence-electron chi connectivity index (χ4n) is 1.44. The monoisotopic (exact) mass is 275 g/mol. The largest absolute Gasteiger partial charge is 0.480 e. The zero-order valence-corrected chi connectivity index (χ0v) is 11.2. The number of hydrogen-bond acceptors (Lipinski definition) is 2. The van der Waals surface area contributed by atoms with Crippen molar-refractivity contribution in [3.8, 4) is 0 Å². The molecule has 1 rings (SSSR count). The average molecular weight is 276 g/mol. The number of nitrogens with one attached hydrogen (secondary N) is 1. The zero-order chi connectivity index (χ0) is 13.0. The molecule has 0 saturated carbocycles. The molecule has 0 aromatic heterocycles. The van der Waals surface area contributed by atoms with Crippen LogP contribution in [0.4, 0.5) is 0 Å². The first-order valence-electron chi connectivity index (χ1n) is 5.32. The molecule has 0 fully saturated rings. The normalized spacial score (nSPS) is 12.8. The van der Waals surface area contributed by atoms with Crippen LogP contribution in [0.2, 0.25) is 10.0 Å². The molecule has 1 atom stereocenters. The molecule has 0 heterocycles. The van der Waals surface area contributed by atoms with Crippen LogP contribution in [-0.2, 0) is 4.79 Å². The smallest absolute Gasteiger partial charge is 0.325 e. The summed E-state index contributed by atoms with van der Waals surface area (Å²) in [6, 6.07) is 4.01. The summed E-state index contributed by atoms with van der Waals surface area (Å²) in [5.41, 5.74) is 0.565. The van der Waals surface area contributed by atoms with Gasteiger partial charge in [0.1, 0.15) is 6.04 Å². The van der Waals surface area contributed by atoms with Gasteiger partial charge < -0.3 is 10.4 Å². The van der Waals surface area contributed by atoms with Gasteiger partial charge in [-0.2, -0.15) is 0 Å². The van der Waals surface area contributed by atoms with Gasteiger partial charge in [0.05, 0.1) is 0 Å². The topological polar surface area (TPSA) is 49.3 Å². The minimum atomic E-state index is -0.941. The molecule has 94 valence electrons. The van der Waals surface area contributed by atoms with Crippen molar-refractivity contribution in [2.75, 3.05) is 6.54 Å². The van der Waals surface area contributed by atoms with Crippen molar-refractivity contribution in [2.24, 2.45) is 5.92 Å². The third-order valence-electron chi connectivity index (χ3n) is 2.20. The Balaban J connectivity index is 2.93. The summed E-state index contributed by atoms with van der Waals surface area (Å²) >= 11 is 11.7. The molecule has 0 aliphatic rings. The van der Waals surface area contributed by atoms with E-state index in [0.29, 0.717) is 28.1 Å². The Kier molecular flexibility index (Phi) is 5.25. The SMILES string of the molecule is CC(C)CNC(C(=O)O)c1cc(Cl)cc(Cl)c1. The lowest BCUT2D eigenvalue weighted by molar-refractivity contribution is -0.139. The van der Waals surface area contributed by atoms with Gasteiger partial charge in [-0.3, -0.25) is 4.79 Å². The highest BCUT2D eigenvalue weighted by Crippen LogP contribution is 2.23. The Morgan fingerprint density at radius 1 is 1.29 bits per heavy atom. The third-order valence-corrected chi connectivity index (χ3v) is 2.63. The quantitative estimate of drug-likeness (QED) is 0.866. The molecular formula is C12H15Cl2NO2. The molecule has 0 aliphatic carbocycles. The summed E-state index contributed by atoms with van der Waals surface area (Å²) in [6.07, 6.45) is 0. The first-order valence-corrected chi connectivity index (χ1v) is 6.08. The summed E-state index contributed by atoms with van der Waals surface area (Å²) in [4.78, 5) is 11.2. The van der Waals surface area contributed by atoms with Crippen LogP contribution in [0.3, 0.4) is 0 Å². The van der Waals surface area contributed by atoms with Gasteiger partial charge >= 0.3 is 5.97 Å². The van der Waals surface area contributed by atoms with E-state index in [1.54, 1.807) is 18.2 Å². The van der Waals surface area contributed by atoms with Gasteiger partial charge in [-0.25, -0.2) is 0 Å². The van der Waals surface area contributed by atoms with Crippen molar-refractivity contribution in [1.29, 1.82) is 0 Å². The minimum absolute atomic E-state index is 0.367. The predicted molar refractivity (Wildman–Crippen MR) is 69.7 cm³/mol. The van der Waals surface area contributed by atoms with Crippen LogP contribution in [0.5, 0.6) is 0 Å². The van der Waals surface area contributed by atoms with Crippen molar-refractivity contribution in [2.45, 2.75) is 19.9 Å². The first kappa shape index (κ1) is 14.3. The maximum absolute atomic E-state index is 11.2. The second-order valence-electron chi connectivity index (χ2n) is 4.28. The van der Waals surface area contributed by atoms with E-state index in [9.17, 15) is 9.90 Å². The molecular weight excluding hydrogens is 261 g/mol. The molecule has 3 nitrogen and oxygen atoms in total. The molecule has 0 bridgehead atoms. The average Bonchev–Trinajstić information content (AvgIpc) is 2.14. The molecule has 0 radical (unpaired) electrons. The molecule has 0 saturated heterocycles. The van der Waals surface area contributed by atoms with Gasteiger partial charge in [0.25, 0.3) is 0 Å². The fourth-order valence-corrected chi connectivity index (χ4v) is 1.99. The number of carbonyl (C=O) groups is 1. The van der Waals surface area contributed by atoms with Crippen LogP contribution in [-0.4, -0.2) is 17.6 Å². The lowest BCUT2D eigenvalue weighted by Gasteiger charge is -2.17. The highest BCUT2D eigenvalue weighted by atomic mass is 35.5. The van der Waals surface area contributed by atoms with Crippen LogP contribution in [0, 0.1) is 5.92 Å². The lowest BCUT2D eigenvalue weighted by Crippen LogP contribution is -2.31. The van der Waals surface area contributed by atoms with Crippen LogP contribution in [0.1, 0.15) is 25.5 Å². The van der Waals surface area contributed by atoms with Crippen molar-refractivity contribution >= 4 is 29.2 Å².